The van der Waals surface area contributed by atoms with Crippen LogP contribution in [0.15, 0.2) is 66.0 Å². The predicted octanol–water partition coefficient (Wildman–Crippen LogP) is 5.28. The fraction of sp³-hybridized carbons (Fsp3) is 0.136. The number of aromatic amines is 1. The van der Waals surface area contributed by atoms with Crippen LogP contribution in [0.4, 0.5) is 0 Å². The Kier molecular flexibility index (Phi) is 3.47. The average Bonchev–Trinajstić information content (AvgIpc) is 3.34. The summed E-state index contributed by atoms with van der Waals surface area (Å²) in [5, 5.41) is 3.25. The molecule has 1 aliphatic rings. The van der Waals surface area contributed by atoms with E-state index < -0.39 is 0 Å². The maximum atomic E-state index is 13.2. The Labute approximate surface area is 155 Å². The standard InChI is InChI=1S/C22H18N2OS/c1-14-20(18-10-4-5-11-19(18)23-14)21-16-8-2-3-9-17(16)22(25)24(21)13-15-7-6-12-26-15/h2-12,21,23H,13H2,1H3/t21-/m0/s1. The Balaban J connectivity index is 1.72. The Morgan fingerprint density at radius 2 is 1.85 bits per heavy atom. The number of thiophene rings is 1. The highest BCUT2D eigenvalue weighted by molar-refractivity contribution is 7.09. The van der Waals surface area contributed by atoms with E-state index >= 15 is 0 Å². The van der Waals surface area contributed by atoms with Crippen molar-refractivity contribution in [2.45, 2.75) is 19.5 Å². The van der Waals surface area contributed by atoms with Crippen LogP contribution in [0.3, 0.4) is 0 Å². The Morgan fingerprint density at radius 1 is 1.04 bits per heavy atom. The Hall–Kier alpha value is -2.85. The predicted molar refractivity (Wildman–Crippen MR) is 106 cm³/mol. The molecular formula is C22H18N2OS. The van der Waals surface area contributed by atoms with Crippen molar-refractivity contribution in [2.75, 3.05) is 0 Å². The van der Waals surface area contributed by atoms with Gasteiger partial charge < -0.3 is 9.88 Å². The molecule has 2 aromatic heterocycles. The van der Waals surface area contributed by atoms with Crippen molar-refractivity contribution in [3.63, 3.8) is 0 Å². The first-order chi connectivity index (χ1) is 12.7. The summed E-state index contributed by atoms with van der Waals surface area (Å²) in [6.45, 7) is 2.73. The van der Waals surface area contributed by atoms with Gasteiger partial charge in [0.05, 0.1) is 12.6 Å². The van der Waals surface area contributed by atoms with Gasteiger partial charge in [0.2, 0.25) is 0 Å². The highest BCUT2D eigenvalue weighted by atomic mass is 32.1. The molecule has 1 aliphatic heterocycles. The van der Waals surface area contributed by atoms with E-state index in [9.17, 15) is 4.79 Å². The minimum absolute atomic E-state index is 0.0584. The molecule has 2 aromatic carbocycles. The van der Waals surface area contributed by atoms with Gasteiger partial charge in [0.15, 0.2) is 0 Å². The monoisotopic (exact) mass is 358 g/mol. The first-order valence-corrected chi connectivity index (χ1v) is 9.61. The normalized spacial score (nSPS) is 16.4. The molecule has 1 atom stereocenters. The van der Waals surface area contributed by atoms with E-state index in [0.717, 1.165) is 22.3 Å². The number of benzene rings is 2. The highest BCUT2D eigenvalue weighted by Gasteiger charge is 2.39. The number of nitrogens with one attached hydrogen (secondary N) is 1. The van der Waals surface area contributed by atoms with Crippen molar-refractivity contribution in [2.24, 2.45) is 0 Å². The average molecular weight is 358 g/mol. The highest BCUT2D eigenvalue weighted by Crippen LogP contribution is 2.43. The molecule has 3 nitrogen and oxygen atoms in total. The molecule has 0 spiro atoms. The summed E-state index contributed by atoms with van der Waals surface area (Å²) in [6, 6.07) is 20.4. The first-order valence-electron chi connectivity index (χ1n) is 8.73. The lowest BCUT2D eigenvalue weighted by atomic mass is 9.95. The molecular weight excluding hydrogens is 340 g/mol. The van der Waals surface area contributed by atoms with Crippen molar-refractivity contribution < 1.29 is 4.79 Å². The molecule has 1 amide bonds. The third-order valence-corrected chi connectivity index (χ3v) is 6.04. The summed E-state index contributed by atoms with van der Waals surface area (Å²) >= 11 is 1.70. The minimum Gasteiger partial charge on any atom is -0.358 e. The van der Waals surface area contributed by atoms with Crippen molar-refractivity contribution >= 4 is 28.1 Å². The first kappa shape index (κ1) is 15.4. The number of fused-ring (bicyclic) bond motifs is 2. The number of rotatable bonds is 3. The van der Waals surface area contributed by atoms with Crippen LogP contribution in [0.1, 0.15) is 38.1 Å². The van der Waals surface area contributed by atoms with E-state index in [1.165, 1.54) is 15.8 Å². The second kappa shape index (κ2) is 5.85. The van der Waals surface area contributed by atoms with Crippen LogP contribution in [0.25, 0.3) is 10.9 Å². The molecule has 0 radical (unpaired) electrons. The Morgan fingerprint density at radius 3 is 2.69 bits per heavy atom. The lowest BCUT2D eigenvalue weighted by Gasteiger charge is -2.26. The number of para-hydroxylation sites is 1. The quantitative estimate of drug-likeness (QED) is 0.531. The number of hydrogen-bond donors (Lipinski definition) is 1. The number of aromatic nitrogens is 1. The van der Waals surface area contributed by atoms with E-state index in [1.54, 1.807) is 11.3 Å². The summed E-state index contributed by atoms with van der Waals surface area (Å²) in [7, 11) is 0. The third kappa shape index (κ3) is 2.22. The van der Waals surface area contributed by atoms with E-state index in [4.69, 9.17) is 0 Å². The van der Waals surface area contributed by atoms with Gasteiger partial charge in [-0.25, -0.2) is 0 Å². The third-order valence-electron chi connectivity index (χ3n) is 5.18. The molecule has 0 aliphatic carbocycles. The fourth-order valence-corrected chi connectivity index (χ4v) is 4.77. The van der Waals surface area contributed by atoms with Crippen LogP contribution in [0.2, 0.25) is 0 Å². The van der Waals surface area contributed by atoms with Crippen molar-refractivity contribution in [1.82, 2.24) is 9.88 Å². The van der Waals surface area contributed by atoms with Gasteiger partial charge in [-0.3, -0.25) is 4.79 Å². The number of aryl methyl sites for hydroxylation is 1. The maximum absolute atomic E-state index is 13.2. The van der Waals surface area contributed by atoms with Gasteiger partial charge in [-0.05, 0) is 36.1 Å². The topological polar surface area (TPSA) is 36.1 Å². The summed E-state index contributed by atoms with van der Waals surface area (Å²) < 4.78 is 0. The van der Waals surface area contributed by atoms with Gasteiger partial charge in [0, 0.05) is 32.6 Å². The van der Waals surface area contributed by atoms with Crippen molar-refractivity contribution in [1.29, 1.82) is 0 Å². The molecule has 128 valence electrons. The largest absolute Gasteiger partial charge is 0.358 e. The summed E-state index contributed by atoms with van der Waals surface area (Å²) in [6.07, 6.45) is 0. The second-order valence-corrected chi connectivity index (χ2v) is 7.74. The molecule has 0 fully saturated rings. The second-order valence-electron chi connectivity index (χ2n) is 6.71. The van der Waals surface area contributed by atoms with Crippen LogP contribution >= 0.6 is 11.3 Å². The van der Waals surface area contributed by atoms with Crippen LogP contribution < -0.4 is 0 Å². The van der Waals surface area contributed by atoms with E-state index in [-0.39, 0.29) is 11.9 Å². The van der Waals surface area contributed by atoms with Gasteiger partial charge in [-0.1, -0.05) is 42.5 Å². The lowest BCUT2D eigenvalue weighted by Crippen LogP contribution is -2.28. The van der Waals surface area contributed by atoms with E-state index in [0.29, 0.717) is 6.54 Å². The van der Waals surface area contributed by atoms with Gasteiger partial charge in [-0.2, -0.15) is 0 Å². The van der Waals surface area contributed by atoms with Crippen molar-refractivity contribution in [3.05, 3.63) is 93.3 Å². The number of hydrogen-bond acceptors (Lipinski definition) is 2. The summed E-state index contributed by atoms with van der Waals surface area (Å²) in [5.41, 5.74) is 5.36. The molecule has 0 saturated heterocycles. The molecule has 5 rings (SSSR count). The van der Waals surface area contributed by atoms with E-state index in [2.05, 4.69) is 47.6 Å². The number of H-pyrrole nitrogens is 1. The van der Waals surface area contributed by atoms with Crippen LogP contribution in [0, 0.1) is 6.92 Å². The fourth-order valence-electron chi connectivity index (χ4n) is 4.07. The molecule has 4 aromatic rings. The van der Waals surface area contributed by atoms with Crippen molar-refractivity contribution in [3.8, 4) is 0 Å². The molecule has 1 N–H and O–H groups in total. The van der Waals surface area contributed by atoms with Gasteiger partial charge in [-0.15, -0.1) is 11.3 Å². The molecule has 0 unspecified atom stereocenters. The van der Waals surface area contributed by atoms with Gasteiger partial charge in [0.1, 0.15) is 0 Å². The number of amides is 1. The summed E-state index contributed by atoms with van der Waals surface area (Å²) in [4.78, 5) is 19.9. The summed E-state index contributed by atoms with van der Waals surface area (Å²) in [5.74, 6) is 0.115. The lowest BCUT2D eigenvalue weighted by molar-refractivity contribution is 0.0738. The van der Waals surface area contributed by atoms with Crippen LogP contribution in [-0.4, -0.2) is 15.8 Å². The molecule has 0 saturated carbocycles. The molecule has 4 heteroatoms. The van der Waals surface area contributed by atoms with Gasteiger partial charge >= 0.3 is 0 Å². The van der Waals surface area contributed by atoms with Crippen LogP contribution in [0.5, 0.6) is 0 Å². The zero-order valence-electron chi connectivity index (χ0n) is 14.4. The molecule has 26 heavy (non-hydrogen) atoms. The van der Waals surface area contributed by atoms with Gasteiger partial charge in [0.25, 0.3) is 5.91 Å². The zero-order chi connectivity index (χ0) is 17.7. The number of carbonyl (C=O) groups excluding carboxylic acids is 1. The number of carbonyl (C=O) groups is 1. The molecule has 3 heterocycles. The number of nitrogens with zero attached hydrogens (tertiary/aromatic N) is 1. The Bertz CT molecular complexity index is 1110. The maximum Gasteiger partial charge on any atom is 0.255 e. The molecule has 0 bridgehead atoms. The zero-order valence-corrected chi connectivity index (χ0v) is 15.2. The minimum atomic E-state index is -0.0584. The van der Waals surface area contributed by atoms with Crippen LogP contribution in [-0.2, 0) is 6.54 Å². The van der Waals surface area contributed by atoms with E-state index in [1.807, 2.05) is 35.2 Å². The smallest absolute Gasteiger partial charge is 0.255 e. The SMILES string of the molecule is Cc1[nH]c2ccccc2c1[C@@H]1c2ccccc2C(=O)N1Cc1cccs1.